The van der Waals surface area contributed by atoms with Crippen LogP contribution < -0.4 is 16.0 Å². The zero-order valence-electron chi connectivity index (χ0n) is 20.9. The predicted molar refractivity (Wildman–Crippen MR) is 141 cm³/mol. The first kappa shape index (κ1) is 26.2. The van der Waals surface area contributed by atoms with Gasteiger partial charge in [-0.1, -0.05) is 48.5 Å². The smallest absolute Gasteiger partial charge is 0.239 e. The number of anilines is 2. The number of hydrogen-bond acceptors (Lipinski definition) is 7. The Morgan fingerprint density at radius 2 is 1.57 bits per heavy atom. The van der Waals surface area contributed by atoms with E-state index in [9.17, 15) is 14.0 Å². The Balaban J connectivity index is 1.34. The molecule has 0 bridgehead atoms. The molecule has 194 valence electrons. The highest BCUT2D eigenvalue weighted by molar-refractivity contribution is 5.92. The Bertz CT molecular complexity index is 1200. The van der Waals surface area contributed by atoms with Gasteiger partial charge in [0, 0.05) is 69.9 Å². The zero-order valence-corrected chi connectivity index (χ0v) is 20.9. The summed E-state index contributed by atoms with van der Waals surface area (Å²) in [6.45, 7) is 6.16. The molecule has 3 N–H and O–H groups in total. The van der Waals surface area contributed by atoms with E-state index in [1.54, 1.807) is 12.1 Å². The van der Waals surface area contributed by atoms with Crippen LogP contribution in [0.4, 0.5) is 16.0 Å². The number of amides is 2. The molecule has 1 aliphatic heterocycles. The number of hydrogen-bond donors (Lipinski definition) is 3. The van der Waals surface area contributed by atoms with Crippen molar-refractivity contribution < 1.29 is 14.0 Å². The molecule has 37 heavy (non-hydrogen) atoms. The summed E-state index contributed by atoms with van der Waals surface area (Å²) in [4.78, 5) is 37.3. The standard InChI is InChI=1S/C27H32FN7O2/c1-20(36)29-11-12-30-24-17-25(33-27(32-24)21-7-3-2-4-8-21)31-26(37)19-35-15-13-34(14-16-35)18-22-9-5-6-10-23(22)28/h2-10,17H,11-16,18-19H2,1H3,(H,29,36)(H2,30,31,32,33,37). The first-order valence-electron chi connectivity index (χ1n) is 12.4. The monoisotopic (exact) mass is 505 g/mol. The minimum Gasteiger partial charge on any atom is -0.368 e. The van der Waals surface area contributed by atoms with Crippen LogP contribution in [0.25, 0.3) is 11.4 Å². The van der Waals surface area contributed by atoms with Crippen LogP contribution in [-0.4, -0.2) is 77.4 Å². The number of nitrogens with one attached hydrogen (secondary N) is 3. The number of piperazine rings is 1. The molecule has 2 amide bonds. The normalized spacial score (nSPS) is 14.2. The highest BCUT2D eigenvalue weighted by Crippen LogP contribution is 2.20. The summed E-state index contributed by atoms with van der Waals surface area (Å²) in [5, 5.41) is 8.81. The van der Waals surface area contributed by atoms with Crippen molar-refractivity contribution in [1.82, 2.24) is 25.1 Å². The van der Waals surface area contributed by atoms with Gasteiger partial charge in [0.2, 0.25) is 11.8 Å². The number of halogens is 1. The van der Waals surface area contributed by atoms with Crippen LogP contribution in [0.2, 0.25) is 0 Å². The summed E-state index contributed by atoms with van der Waals surface area (Å²) < 4.78 is 14.0. The Labute approximate surface area is 216 Å². The lowest BCUT2D eigenvalue weighted by molar-refractivity contribution is -0.119. The number of carbonyl (C=O) groups excluding carboxylic acids is 2. The molecular formula is C27H32FN7O2. The molecule has 0 spiro atoms. The van der Waals surface area contributed by atoms with Crippen molar-refractivity contribution in [2.45, 2.75) is 13.5 Å². The summed E-state index contributed by atoms with van der Waals surface area (Å²) in [6, 6.07) is 18.0. The van der Waals surface area contributed by atoms with E-state index >= 15 is 0 Å². The zero-order chi connectivity index (χ0) is 26.0. The highest BCUT2D eigenvalue weighted by atomic mass is 19.1. The molecule has 2 aromatic carbocycles. The molecule has 1 aromatic heterocycles. The van der Waals surface area contributed by atoms with Crippen molar-refractivity contribution in [3.63, 3.8) is 0 Å². The predicted octanol–water partition coefficient (Wildman–Crippen LogP) is 2.59. The largest absolute Gasteiger partial charge is 0.368 e. The molecule has 0 unspecified atom stereocenters. The fourth-order valence-corrected chi connectivity index (χ4v) is 4.11. The van der Waals surface area contributed by atoms with E-state index in [2.05, 4.69) is 35.7 Å². The van der Waals surface area contributed by atoms with Gasteiger partial charge in [0.15, 0.2) is 5.82 Å². The van der Waals surface area contributed by atoms with Crippen molar-refractivity contribution in [2.75, 3.05) is 56.4 Å². The van der Waals surface area contributed by atoms with Gasteiger partial charge in [-0.25, -0.2) is 14.4 Å². The van der Waals surface area contributed by atoms with Gasteiger partial charge in [0.1, 0.15) is 17.5 Å². The van der Waals surface area contributed by atoms with Gasteiger partial charge in [-0.15, -0.1) is 0 Å². The quantitative estimate of drug-likeness (QED) is 0.364. The molecule has 2 heterocycles. The van der Waals surface area contributed by atoms with Crippen molar-refractivity contribution in [2.24, 2.45) is 0 Å². The third-order valence-electron chi connectivity index (χ3n) is 6.01. The first-order chi connectivity index (χ1) is 18.0. The van der Waals surface area contributed by atoms with E-state index in [1.165, 1.54) is 13.0 Å². The van der Waals surface area contributed by atoms with Gasteiger partial charge in [-0.2, -0.15) is 0 Å². The van der Waals surface area contributed by atoms with Crippen LogP contribution in [0.15, 0.2) is 60.7 Å². The average Bonchev–Trinajstić information content (AvgIpc) is 2.89. The van der Waals surface area contributed by atoms with E-state index in [0.717, 1.165) is 31.7 Å². The average molecular weight is 506 g/mol. The van der Waals surface area contributed by atoms with Gasteiger partial charge >= 0.3 is 0 Å². The minimum atomic E-state index is -0.187. The topological polar surface area (TPSA) is 102 Å². The summed E-state index contributed by atoms with van der Waals surface area (Å²) in [6.07, 6.45) is 0. The van der Waals surface area contributed by atoms with E-state index in [0.29, 0.717) is 42.7 Å². The summed E-state index contributed by atoms with van der Waals surface area (Å²) in [7, 11) is 0. The maximum Gasteiger partial charge on any atom is 0.239 e. The summed E-state index contributed by atoms with van der Waals surface area (Å²) in [5.74, 6) is 0.991. The van der Waals surface area contributed by atoms with Crippen LogP contribution in [0.5, 0.6) is 0 Å². The lowest BCUT2D eigenvalue weighted by Gasteiger charge is -2.34. The van der Waals surface area contributed by atoms with Crippen LogP contribution in [0.3, 0.4) is 0 Å². The molecule has 4 rings (SSSR count). The molecular weight excluding hydrogens is 473 g/mol. The number of nitrogens with zero attached hydrogens (tertiary/aromatic N) is 4. The van der Waals surface area contributed by atoms with Gasteiger partial charge in [-0.05, 0) is 6.07 Å². The molecule has 1 saturated heterocycles. The number of carbonyl (C=O) groups is 2. The maximum atomic E-state index is 14.0. The number of benzene rings is 2. The van der Waals surface area contributed by atoms with Crippen LogP contribution in [-0.2, 0) is 16.1 Å². The number of aromatic nitrogens is 2. The SMILES string of the molecule is CC(=O)NCCNc1cc(NC(=O)CN2CCN(Cc3ccccc3F)CC2)nc(-c2ccccc2)n1. The molecule has 1 fully saturated rings. The molecule has 0 radical (unpaired) electrons. The Morgan fingerprint density at radius 3 is 2.30 bits per heavy atom. The van der Waals surface area contributed by atoms with Gasteiger partial charge in [0.25, 0.3) is 0 Å². The Kier molecular flexibility index (Phi) is 9.12. The summed E-state index contributed by atoms with van der Waals surface area (Å²) >= 11 is 0. The molecule has 3 aromatic rings. The van der Waals surface area contributed by atoms with Crippen molar-refractivity contribution in [1.29, 1.82) is 0 Å². The maximum absolute atomic E-state index is 14.0. The lowest BCUT2D eigenvalue weighted by atomic mass is 10.2. The fraction of sp³-hybridized carbons (Fsp3) is 0.333. The molecule has 0 saturated carbocycles. The first-order valence-corrected chi connectivity index (χ1v) is 12.4. The third-order valence-corrected chi connectivity index (χ3v) is 6.01. The van der Waals surface area contributed by atoms with E-state index in [1.807, 2.05) is 42.5 Å². The van der Waals surface area contributed by atoms with Crippen LogP contribution in [0.1, 0.15) is 12.5 Å². The van der Waals surface area contributed by atoms with Crippen molar-refractivity contribution in [3.05, 3.63) is 72.0 Å². The minimum absolute atomic E-state index is 0.101. The Morgan fingerprint density at radius 1 is 0.892 bits per heavy atom. The van der Waals surface area contributed by atoms with Crippen LogP contribution >= 0.6 is 0 Å². The second kappa shape index (κ2) is 12.9. The third kappa shape index (κ3) is 8.06. The molecule has 0 atom stereocenters. The fourth-order valence-electron chi connectivity index (χ4n) is 4.11. The van der Waals surface area contributed by atoms with Gasteiger partial charge in [-0.3, -0.25) is 19.4 Å². The molecule has 1 aliphatic rings. The van der Waals surface area contributed by atoms with Crippen molar-refractivity contribution >= 4 is 23.5 Å². The summed E-state index contributed by atoms with van der Waals surface area (Å²) in [5.41, 5.74) is 1.52. The van der Waals surface area contributed by atoms with E-state index in [4.69, 9.17) is 0 Å². The Hall–Kier alpha value is -3.89. The van der Waals surface area contributed by atoms with Crippen LogP contribution in [0, 0.1) is 5.82 Å². The molecule has 9 nitrogen and oxygen atoms in total. The van der Waals surface area contributed by atoms with E-state index in [-0.39, 0.29) is 24.2 Å². The van der Waals surface area contributed by atoms with Crippen molar-refractivity contribution in [3.8, 4) is 11.4 Å². The van der Waals surface area contributed by atoms with Gasteiger partial charge < -0.3 is 16.0 Å². The molecule has 0 aliphatic carbocycles. The van der Waals surface area contributed by atoms with Gasteiger partial charge in [0.05, 0.1) is 6.54 Å². The second-order valence-electron chi connectivity index (χ2n) is 8.93. The second-order valence-corrected chi connectivity index (χ2v) is 8.93. The molecule has 10 heteroatoms. The highest BCUT2D eigenvalue weighted by Gasteiger charge is 2.20. The number of rotatable bonds is 10. The lowest BCUT2D eigenvalue weighted by Crippen LogP contribution is -2.48. The van der Waals surface area contributed by atoms with E-state index < -0.39 is 0 Å².